The van der Waals surface area contributed by atoms with Crippen LogP contribution in [0, 0.1) is 19.8 Å². The van der Waals surface area contributed by atoms with E-state index in [1.807, 2.05) is 13.8 Å². The molecule has 2 atom stereocenters. The number of hydrogen-bond donors (Lipinski definition) is 1. The number of nitrogens with one attached hydrogen (secondary N) is 1. The minimum atomic E-state index is -0.0280. The van der Waals surface area contributed by atoms with Gasteiger partial charge >= 0.3 is 0 Å². The van der Waals surface area contributed by atoms with Crippen molar-refractivity contribution in [3.8, 4) is 10.6 Å². The van der Waals surface area contributed by atoms with E-state index in [1.54, 1.807) is 11.3 Å². The van der Waals surface area contributed by atoms with Crippen LogP contribution in [-0.4, -0.2) is 24.1 Å². The Morgan fingerprint density at radius 3 is 2.74 bits per heavy atom. The summed E-state index contributed by atoms with van der Waals surface area (Å²) in [6, 6.07) is 8.35. The van der Waals surface area contributed by atoms with Crippen molar-refractivity contribution in [3.63, 3.8) is 0 Å². The highest BCUT2D eigenvalue weighted by atomic mass is 32.1. The number of nitrogens with zero attached hydrogens (tertiary/aromatic N) is 1. The second-order valence-corrected chi connectivity index (χ2v) is 7.16. The molecule has 1 fully saturated rings. The molecule has 0 bridgehead atoms. The third-order valence-corrected chi connectivity index (χ3v) is 5.57. The molecule has 122 valence electrons. The zero-order valence-electron chi connectivity index (χ0n) is 13.8. The molecule has 1 aromatic heterocycles. The van der Waals surface area contributed by atoms with Crippen molar-refractivity contribution in [2.75, 3.05) is 13.2 Å². The molecule has 3 rings (SSSR count). The first-order valence-electron chi connectivity index (χ1n) is 7.97. The van der Waals surface area contributed by atoms with Gasteiger partial charge in [0.25, 0.3) is 0 Å². The molecule has 4 nitrogen and oxygen atoms in total. The van der Waals surface area contributed by atoms with E-state index in [1.165, 1.54) is 5.56 Å². The largest absolute Gasteiger partial charge is 0.381 e. The van der Waals surface area contributed by atoms with Crippen LogP contribution in [0.15, 0.2) is 24.3 Å². The predicted octanol–water partition coefficient (Wildman–Crippen LogP) is 3.64. The molecule has 0 spiro atoms. The van der Waals surface area contributed by atoms with Crippen molar-refractivity contribution >= 4 is 17.2 Å². The zero-order valence-corrected chi connectivity index (χ0v) is 14.6. The molecule has 0 unspecified atom stereocenters. The van der Waals surface area contributed by atoms with Gasteiger partial charge in [0.1, 0.15) is 5.01 Å². The Balaban J connectivity index is 1.74. The molecule has 1 aromatic carbocycles. The second kappa shape index (κ2) is 6.81. The monoisotopic (exact) mass is 330 g/mol. The van der Waals surface area contributed by atoms with Crippen LogP contribution >= 0.6 is 11.3 Å². The van der Waals surface area contributed by atoms with Gasteiger partial charge < -0.3 is 10.1 Å². The van der Waals surface area contributed by atoms with Crippen LogP contribution in [0.25, 0.3) is 10.6 Å². The van der Waals surface area contributed by atoms with Gasteiger partial charge in [-0.05, 0) is 27.2 Å². The van der Waals surface area contributed by atoms with E-state index >= 15 is 0 Å². The normalized spacial score (nSPS) is 18.8. The molecule has 1 aliphatic rings. The van der Waals surface area contributed by atoms with Gasteiger partial charge in [-0.15, -0.1) is 11.3 Å². The summed E-state index contributed by atoms with van der Waals surface area (Å²) in [5.74, 6) is 0.0712. The van der Waals surface area contributed by atoms with Crippen LogP contribution in [0.2, 0.25) is 0 Å². The number of aromatic nitrogens is 1. The number of rotatable bonds is 4. The van der Waals surface area contributed by atoms with Crippen molar-refractivity contribution in [2.45, 2.75) is 33.2 Å². The van der Waals surface area contributed by atoms with Gasteiger partial charge in [0, 0.05) is 12.2 Å². The number of hydrogen-bond acceptors (Lipinski definition) is 4. The first-order chi connectivity index (χ1) is 11.0. The van der Waals surface area contributed by atoms with Gasteiger partial charge in [0.2, 0.25) is 5.91 Å². The van der Waals surface area contributed by atoms with Gasteiger partial charge in [0.15, 0.2) is 0 Å². The van der Waals surface area contributed by atoms with Crippen LogP contribution in [0.1, 0.15) is 35.5 Å². The molecule has 1 saturated heterocycles. The minimum absolute atomic E-state index is 0.0118. The smallest absolute Gasteiger partial charge is 0.226 e. The molecule has 5 heteroatoms. The van der Waals surface area contributed by atoms with Gasteiger partial charge in [-0.25, -0.2) is 4.98 Å². The third-order valence-electron chi connectivity index (χ3n) is 4.18. The van der Waals surface area contributed by atoms with E-state index in [0.29, 0.717) is 13.2 Å². The lowest BCUT2D eigenvalue weighted by Crippen LogP contribution is -2.32. The van der Waals surface area contributed by atoms with E-state index in [4.69, 9.17) is 4.74 Å². The van der Waals surface area contributed by atoms with Crippen molar-refractivity contribution in [2.24, 2.45) is 5.92 Å². The zero-order chi connectivity index (χ0) is 16.4. The first kappa shape index (κ1) is 16.1. The first-order valence-corrected chi connectivity index (χ1v) is 8.78. The average molecular weight is 330 g/mol. The maximum Gasteiger partial charge on any atom is 0.226 e. The summed E-state index contributed by atoms with van der Waals surface area (Å²) in [5.41, 5.74) is 3.35. The summed E-state index contributed by atoms with van der Waals surface area (Å²) < 4.78 is 5.29. The number of thiazole rings is 1. The van der Waals surface area contributed by atoms with Crippen LogP contribution in [0.3, 0.4) is 0 Å². The molecular weight excluding hydrogens is 308 g/mol. The van der Waals surface area contributed by atoms with Gasteiger partial charge in [-0.1, -0.05) is 29.8 Å². The van der Waals surface area contributed by atoms with Crippen LogP contribution < -0.4 is 5.32 Å². The van der Waals surface area contributed by atoms with E-state index in [9.17, 15) is 4.79 Å². The fraction of sp³-hybridized carbons (Fsp3) is 0.444. The topological polar surface area (TPSA) is 51.2 Å². The summed E-state index contributed by atoms with van der Waals surface area (Å²) in [4.78, 5) is 18.0. The Morgan fingerprint density at radius 1 is 1.35 bits per heavy atom. The van der Waals surface area contributed by atoms with Gasteiger partial charge in [0.05, 0.1) is 29.1 Å². The maximum atomic E-state index is 12.2. The van der Waals surface area contributed by atoms with Gasteiger partial charge in [-0.2, -0.15) is 0 Å². The van der Waals surface area contributed by atoms with E-state index in [2.05, 4.69) is 41.5 Å². The molecule has 1 N–H and O–H groups in total. The highest BCUT2D eigenvalue weighted by Crippen LogP contribution is 2.32. The Kier molecular flexibility index (Phi) is 4.78. The van der Waals surface area contributed by atoms with E-state index < -0.39 is 0 Å². The lowest BCUT2D eigenvalue weighted by atomic mass is 10.1. The summed E-state index contributed by atoms with van der Waals surface area (Å²) in [5, 5.41) is 4.11. The van der Waals surface area contributed by atoms with Crippen molar-refractivity contribution in [3.05, 3.63) is 40.4 Å². The highest BCUT2D eigenvalue weighted by molar-refractivity contribution is 7.15. The number of benzene rings is 1. The fourth-order valence-electron chi connectivity index (χ4n) is 2.77. The van der Waals surface area contributed by atoms with E-state index in [0.717, 1.165) is 27.6 Å². The molecule has 2 heterocycles. The SMILES string of the molecule is Cc1ccc(-c2nc(C)c([C@@H](C)NC(=O)[C@@H]3CCOC3)s2)cc1. The third kappa shape index (κ3) is 3.62. The fourth-order valence-corrected chi connectivity index (χ4v) is 3.84. The summed E-state index contributed by atoms with van der Waals surface area (Å²) in [6.07, 6.45) is 0.814. The Hall–Kier alpha value is -1.72. The Bertz CT molecular complexity index is 688. The van der Waals surface area contributed by atoms with Crippen LogP contribution in [0.4, 0.5) is 0 Å². The second-order valence-electron chi connectivity index (χ2n) is 6.13. The average Bonchev–Trinajstić information content (AvgIpc) is 3.17. The molecule has 0 radical (unpaired) electrons. The summed E-state index contributed by atoms with van der Waals surface area (Å²) in [7, 11) is 0. The van der Waals surface area contributed by atoms with Gasteiger partial charge in [-0.3, -0.25) is 4.79 Å². The quantitative estimate of drug-likeness (QED) is 0.931. The van der Waals surface area contributed by atoms with Crippen molar-refractivity contribution < 1.29 is 9.53 Å². The molecule has 2 aromatic rings. The lowest BCUT2D eigenvalue weighted by Gasteiger charge is -2.15. The summed E-state index contributed by atoms with van der Waals surface area (Å²) >= 11 is 1.65. The standard InChI is InChI=1S/C18H22N2O2S/c1-11-4-6-14(7-5-11)18-20-13(3)16(23-18)12(2)19-17(21)15-8-9-22-10-15/h4-7,12,15H,8-10H2,1-3H3,(H,19,21)/t12-,15-/m1/s1. The highest BCUT2D eigenvalue weighted by Gasteiger charge is 2.26. The number of carbonyl (C=O) groups is 1. The Morgan fingerprint density at radius 2 is 2.09 bits per heavy atom. The molecule has 0 saturated carbocycles. The molecule has 0 aliphatic carbocycles. The van der Waals surface area contributed by atoms with Crippen molar-refractivity contribution in [1.82, 2.24) is 10.3 Å². The number of carbonyl (C=O) groups excluding carboxylic acids is 1. The molecule has 23 heavy (non-hydrogen) atoms. The minimum Gasteiger partial charge on any atom is -0.381 e. The van der Waals surface area contributed by atoms with Crippen molar-refractivity contribution in [1.29, 1.82) is 0 Å². The molecule has 1 aliphatic heterocycles. The van der Waals surface area contributed by atoms with Crippen LogP contribution in [-0.2, 0) is 9.53 Å². The molecular formula is C18H22N2O2S. The Labute approximate surface area is 140 Å². The number of amides is 1. The van der Waals surface area contributed by atoms with E-state index in [-0.39, 0.29) is 17.9 Å². The lowest BCUT2D eigenvalue weighted by molar-refractivity contribution is -0.125. The predicted molar refractivity (Wildman–Crippen MR) is 92.5 cm³/mol. The molecule has 1 amide bonds. The number of aryl methyl sites for hydroxylation is 2. The number of ether oxygens (including phenoxy) is 1. The van der Waals surface area contributed by atoms with Crippen LogP contribution in [0.5, 0.6) is 0 Å². The maximum absolute atomic E-state index is 12.2. The summed E-state index contributed by atoms with van der Waals surface area (Å²) in [6.45, 7) is 7.32.